The molecular weight excluding hydrogens is 492 g/mol. The number of nitrogens with zero attached hydrogens (tertiary/aromatic N) is 2. The summed E-state index contributed by atoms with van der Waals surface area (Å²) in [6.45, 7) is 5.39. The summed E-state index contributed by atoms with van der Waals surface area (Å²) < 4.78 is 11.9. The van der Waals surface area contributed by atoms with Gasteiger partial charge in [-0.25, -0.2) is 4.79 Å². The van der Waals surface area contributed by atoms with Crippen LogP contribution < -0.4 is 10.6 Å². The van der Waals surface area contributed by atoms with Crippen LogP contribution in [-0.4, -0.2) is 45.6 Å². The Morgan fingerprint density at radius 3 is 2.57 bits per heavy atom. The van der Waals surface area contributed by atoms with E-state index in [-0.39, 0.29) is 22.8 Å². The number of aromatic nitrogens is 2. The van der Waals surface area contributed by atoms with Gasteiger partial charge in [-0.2, -0.15) is 11.8 Å². The Kier molecular flexibility index (Phi) is 9.50. The van der Waals surface area contributed by atoms with Crippen LogP contribution in [0.2, 0.25) is 0 Å². The number of hydrogen-bond acceptors (Lipinski definition) is 8. The number of benzene rings is 1. The molecule has 30 heavy (non-hydrogen) atoms. The van der Waals surface area contributed by atoms with Gasteiger partial charge in [-0.3, -0.25) is 4.79 Å². The Bertz CT molecular complexity index is 840. The molecule has 2 rings (SSSR count). The van der Waals surface area contributed by atoms with E-state index in [1.165, 1.54) is 0 Å². The molecule has 164 valence electrons. The molecule has 0 bridgehead atoms. The third-order valence-corrected chi connectivity index (χ3v) is 5.47. The number of ether oxygens (including phenoxy) is 1. The monoisotopic (exact) mass is 516 g/mol. The predicted octanol–water partition coefficient (Wildman–Crippen LogP) is 4.88. The summed E-state index contributed by atoms with van der Waals surface area (Å²) in [6.07, 6.45) is 2.04. The molecule has 1 aromatic carbocycles. The zero-order chi connectivity index (χ0) is 22.1. The molecule has 2 aromatic rings. The van der Waals surface area contributed by atoms with Crippen molar-refractivity contribution in [3.8, 4) is 0 Å². The molecule has 0 radical (unpaired) electrons. The van der Waals surface area contributed by atoms with Gasteiger partial charge in [-0.15, -0.1) is 10.2 Å². The first-order valence-electron chi connectivity index (χ1n) is 9.16. The maximum atomic E-state index is 12.1. The third kappa shape index (κ3) is 8.97. The summed E-state index contributed by atoms with van der Waals surface area (Å²) in [7, 11) is 0. The fraction of sp³-hybridized carbons (Fsp3) is 0.474. The Hall–Kier alpha value is -1.72. The first-order chi connectivity index (χ1) is 14.2. The molecule has 0 aliphatic carbocycles. The highest BCUT2D eigenvalue weighted by molar-refractivity contribution is 9.10. The molecule has 8 nitrogen and oxygen atoms in total. The minimum atomic E-state index is -0.605. The topological polar surface area (TPSA) is 106 Å². The minimum absolute atomic E-state index is 0.118. The third-order valence-electron chi connectivity index (χ3n) is 3.48. The lowest BCUT2D eigenvalue weighted by molar-refractivity contribution is -0.113. The van der Waals surface area contributed by atoms with E-state index in [0.29, 0.717) is 12.1 Å². The van der Waals surface area contributed by atoms with Gasteiger partial charge in [0.25, 0.3) is 5.22 Å². The molecule has 0 saturated carbocycles. The number of carbonyl (C=O) groups is 2. The number of halogens is 1. The summed E-state index contributed by atoms with van der Waals surface area (Å²) in [5.74, 6) is 1.01. The minimum Gasteiger partial charge on any atom is -0.444 e. The van der Waals surface area contributed by atoms with Gasteiger partial charge >= 0.3 is 6.09 Å². The van der Waals surface area contributed by atoms with Gasteiger partial charge in [0.1, 0.15) is 11.6 Å². The average molecular weight is 517 g/mol. The standard InChI is InChI=1S/C19H25BrN4O4S2/c1-19(2,3)28-17(26)22-14(9-10-29-4)16-23-24-18(27-16)30-11-15(25)21-13-7-5-12(20)6-8-13/h5-8,14H,9-11H2,1-4H3,(H,21,25)(H,22,26)/t14-/m0/s1. The maximum absolute atomic E-state index is 12.1. The van der Waals surface area contributed by atoms with Crippen molar-refractivity contribution in [1.29, 1.82) is 0 Å². The molecule has 2 amide bonds. The SMILES string of the molecule is CSCC[C@H](NC(=O)OC(C)(C)C)c1nnc(SCC(=O)Nc2ccc(Br)cc2)o1. The molecule has 2 N–H and O–H groups in total. The number of thioether (sulfide) groups is 2. The zero-order valence-electron chi connectivity index (χ0n) is 17.2. The van der Waals surface area contributed by atoms with E-state index < -0.39 is 17.7 Å². The number of anilines is 1. The Morgan fingerprint density at radius 1 is 1.23 bits per heavy atom. The van der Waals surface area contributed by atoms with Crippen LogP contribution in [0, 0.1) is 0 Å². The van der Waals surface area contributed by atoms with Crippen molar-refractivity contribution in [1.82, 2.24) is 15.5 Å². The summed E-state index contributed by atoms with van der Waals surface area (Å²) in [5.41, 5.74) is 0.0975. The van der Waals surface area contributed by atoms with Crippen molar-refractivity contribution in [2.45, 2.75) is 44.1 Å². The van der Waals surface area contributed by atoms with E-state index in [1.54, 1.807) is 44.7 Å². The van der Waals surface area contributed by atoms with Crippen molar-refractivity contribution in [2.75, 3.05) is 23.1 Å². The smallest absolute Gasteiger partial charge is 0.408 e. The second-order valence-electron chi connectivity index (χ2n) is 7.23. The molecular formula is C19H25BrN4O4S2. The van der Waals surface area contributed by atoms with E-state index in [1.807, 2.05) is 18.4 Å². The van der Waals surface area contributed by atoms with Crippen LogP contribution in [0.4, 0.5) is 10.5 Å². The van der Waals surface area contributed by atoms with Crippen LogP contribution >= 0.6 is 39.5 Å². The first-order valence-corrected chi connectivity index (χ1v) is 12.3. The van der Waals surface area contributed by atoms with Crippen molar-refractivity contribution in [3.05, 3.63) is 34.6 Å². The van der Waals surface area contributed by atoms with Gasteiger partial charge in [0, 0.05) is 10.2 Å². The summed E-state index contributed by atoms with van der Waals surface area (Å²) in [4.78, 5) is 24.3. The second-order valence-corrected chi connectivity index (χ2v) is 10.1. The van der Waals surface area contributed by atoms with Crippen molar-refractivity contribution in [2.24, 2.45) is 0 Å². The fourth-order valence-corrected chi connectivity index (χ4v) is 3.53. The lowest BCUT2D eigenvalue weighted by atomic mass is 10.2. The first kappa shape index (κ1) is 24.5. The van der Waals surface area contributed by atoms with Crippen LogP contribution in [0.5, 0.6) is 0 Å². The molecule has 1 aromatic heterocycles. The molecule has 1 atom stereocenters. The lowest BCUT2D eigenvalue weighted by Crippen LogP contribution is -2.35. The zero-order valence-corrected chi connectivity index (χ0v) is 20.4. The summed E-state index contributed by atoms with van der Waals surface area (Å²) in [5, 5.41) is 13.9. The predicted molar refractivity (Wildman–Crippen MR) is 123 cm³/mol. The normalized spacial score (nSPS) is 12.3. The summed E-state index contributed by atoms with van der Waals surface area (Å²) in [6, 6.07) is 6.83. The molecule has 0 aliphatic rings. The van der Waals surface area contributed by atoms with Crippen LogP contribution in [0.1, 0.15) is 39.1 Å². The van der Waals surface area contributed by atoms with Gasteiger partial charge in [0.15, 0.2) is 0 Å². The number of amides is 2. The molecule has 0 unspecified atom stereocenters. The molecule has 0 aliphatic heterocycles. The largest absolute Gasteiger partial charge is 0.444 e. The quantitative estimate of drug-likeness (QED) is 0.454. The van der Waals surface area contributed by atoms with Crippen LogP contribution in [0.3, 0.4) is 0 Å². The highest BCUT2D eigenvalue weighted by Gasteiger charge is 2.24. The van der Waals surface area contributed by atoms with Gasteiger partial charge in [-0.05, 0) is 63.5 Å². The lowest BCUT2D eigenvalue weighted by Gasteiger charge is -2.22. The molecule has 0 fully saturated rings. The molecule has 0 saturated heterocycles. The van der Waals surface area contributed by atoms with E-state index in [4.69, 9.17) is 9.15 Å². The average Bonchev–Trinajstić information content (AvgIpc) is 3.13. The highest BCUT2D eigenvalue weighted by Crippen LogP contribution is 2.23. The number of alkyl carbamates (subject to hydrolysis) is 1. The van der Waals surface area contributed by atoms with Crippen LogP contribution in [0.25, 0.3) is 0 Å². The molecule has 0 spiro atoms. The van der Waals surface area contributed by atoms with Crippen molar-refractivity contribution < 1.29 is 18.7 Å². The Balaban J connectivity index is 1.92. The van der Waals surface area contributed by atoms with Crippen LogP contribution in [-0.2, 0) is 9.53 Å². The van der Waals surface area contributed by atoms with E-state index in [0.717, 1.165) is 22.0 Å². The van der Waals surface area contributed by atoms with E-state index in [9.17, 15) is 9.59 Å². The number of carbonyl (C=O) groups excluding carboxylic acids is 2. The van der Waals surface area contributed by atoms with Gasteiger partial charge in [0.2, 0.25) is 11.8 Å². The maximum Gasteiger partial charge on any atom is 0.408 e. The molecule has 1 heterocycles. The van der Waals surface area contributed by atoms with Gasteiger partial charge in [-0.1, -0.05) is 27.7 Å². The van der Waals surface area contributed by atoms with Gasteiger partial charge in [0.05, 0.1) is 5.75 Å². The number of rotatable bonds is 9. The highest BCUT2D eigenvalue weighted by atomic mass is 79.9. The van der Waals surface area contributed by atoms with E-state index >= 15 is 0 Å². The summed E-state index contributed by atoms with van der Waals surface area (Å²) >= 11 is 6.13. The van der Waals surface area contributed by atoms with Gasteiger partial charge < -0.3 is 19.8 Å². The fourth-order valence-electron chi connectivity index (χ4n) is 2.22. The van der Waals surface area contributed by atoms with Crippen molar-refractivity contribution >= 4 is 57.1 Å². The van der Waals surface area contributed by atoms with Crippen LogP contribution in [0.15, 0.2) is 38.4 Å². The second kappa shape index (κ2) is 11.6. The molecule has 11 heteroatoms. The number of nitrogens with one attached hydrogen (secondary N) is 2. The Labute approximate surface area is 192 Å². The number of hydrogen-bond donors (Lipinski definition) is 2. The van der Waals surface area contributed by atoms with E-state index in [2.05, 4.69) is 36.8 Å². The van der Waals surface area contributed by atoms with Crippen molar-refractivity contribution in [3.63, 3.8) is 0 Å². The Morgan fingerprint density at radius 2 is 1.93 bits per heavy atom.